The summed E-state index contributed by atoms with van der Waals surface area (Å²) in [6.07, 6.45) is 3.03. The number of hydrogen-bond donors (Lipinski definition) is 1. The van der Waals surface area contributed by atoms with Crippen molar-refractivity contribution < 1.29 is 9.53 Å². The van der Waals surface area contributed by atoms with Crippen LogP contribution in [0.4, 0.5) is 0 Å². The number of aromatic nitrogens is 3. The molecular weight excluding hydrogens is 266 g/mol. The first-order chi connectivity index (χ1) is 9.20. The number of thioether (sulfide) groups is 1. The predicted octanol–water partition coefficient (Wildman–Crippen LogP) is 1.24. The maximum Gasteiger partial charge on any atom is 0.339 e. The van der Waals surface area contributed by atoms with E-state index in [9.17, 15) is 9.59 Å². The van der Waals surface area contributed by atoms with Gasteiger partial charge in [0, 0.05) is 24.2 Å². The fourth-order valence-corrected chi connectivity index (χ4v) is 2.22. The number of carbonyl (C=O) groups excluding carboxylic acids is 1. The van der Waals surface area contributed by atoms with Gasteiger partial charge in [0.05, 0.1) is 18.4 Å². The molecule has 0 saturated carbocycles. The average molecular weight is 277 g/mol. The number of hydrogen-bond acceptors (Lipinski definition) is 6. The normalized spacial score (nSPS) is 10.2. The summed E-state index contributed by atoms with van der Waals surface area (Å²) in [7, 11) is 1.32. The number of rotatable bonds is 4. The highest BCUT2D eigenvalue weighted by Crippen LogP contribution is 2.19. The smallest absolute Gasteiger partial charge is 0.339 e. The van der Waals surface area contributed by atoms with Crippen LogP contribution in [0.3, 0.4) is 0 Å². The summed E-state index contributed by atoms with van der Waals surface area (Å²) in [5, 5.41) is 0.481. The third-order valence-corrected chi connectivity index (χ3v) is 3.19. The Morgan fingerprint density at radius 2 is 2.21 bits per heavy atom. The summed E-state index contributed by atoms with van der Waals surface area (Å²) >= 11 is 1.29. The molecule has 0 atom stereocenters. The molecule has 0 spiro atoms. The van der Waals surface area contributed by atoms with Crippen molar-refractivity contribution in [1.29, 1.82) is 0 Å². The van der Waals surface area contributed by atoms with Crippen LogP contribution in [0.1, 0.15) is 16.1 Å². The molecule has 7 heteroatoms. The van der Waals surface area contributed by atoms with E-state index >= 15 is 0 Å². The summed E-state index contributed by atoms with van der Waals surface area (Å²) in [5.74, 6) is -0.0173. The third kappa shape index (κ3) is 3.41. The molecule has 6 nitrogen and oxygen atoms in total. The van der Waals surface area contributed by atoms with Crippen LogP contribution in [0, 0.1) is 0 Å². The molecule has 0 aromatic carbocycles. The van der Waals surface area contributed by atoms with Crippen LogP contribution in [0.5, 0.6) is 0 Å². The van der Waals surface area contributed by atoms with E-state index in [1.165, 1.54) is 31.1 Å². The second-order valence-electron chi connectivity index (χ2n) is 3.52. The van der Waals surface area contributed by atoms with Crippen molar-refractivity contribution in [1.82, 2.24) is 15.0 Å². The summed E-state index contributed by atoms with van der Waals surface area (Å²) in [6.45, 7) is 0. The number of ether oxygens (including phenoxy) is 1. The standard InChI is InChI=1S/C12H11N3O3S/c1-18-11(17)8-3-2-5-13-9(8)7-19-12-14-6-4-10(16)15-12/h2-6H,7H2,1H3,(H,14,15,16). The van der Waals surface area contributed by atoms with Crippen LogP contribution in [0.2, 0.25) is 0 Å². The van der Waals surface area contributed by atoms with Gasteiger partial charge in [0.15, 0.2) is 5.16 Å². The largest absolute Gasteiger partial charge is 0.465 e. The number of nitrogens with zero attached hydrogens (tertiary/aromatic N) is 2. The second-order valence-corrected chi connectivity index (χ2v) is 4.48. The minimum Gasteiger partial charge on any atom is -0.465 e. The van der Waals surface area contributed by atoms with Gasteiger partial charge in [-0.05, 0) is 12.1 Å². The molecule has 2 aromatic rings. The molecular formula is C12H11N3O3S. The van der Waals surface area contributed by atoms with Gasteiger partial charge in [0.1, 0.15) is 0 Å². The lowest BCUT2D eigenvalue weighted by molar-refractivity contribution is 0.0599. The van der Waals surface area contributed by atoms with Crippen LogP contribution >= 0.6 is 11.8 Å². The van der Waals surface area contributed by atoms with E-state index in [-0.39, 0.29) is 5.56 Å². The molecule has 0 bridgehead atoms. The van der Waals surface area contributed by atoms with Crippen LogP contribution in [0.25, 0.3) is 0 Å². The highest BCUT2D eigenvalue weighted by molar-refractivity contribution is 7.98. The summed E-state index contributed by atoms with van der Waals surface area (Å²) in [5.41, 5.74) is 0.786. The molecule has 0 aliphatic heterocycles. The molecule has 0 saturated heterocycles. The average Bonchev–Trinajstić information content (AvgIpc) is 2.45. The molecule has 1 N–H and O–H groups in total. The topological polar surface area (TPSA) is 84.9 Å². The van der Waals surface area contributed by atoms with E-state index in [0.717, 1.165) is 0 Å². The van der Waals surface area contributed by atoms with Gasteiger partial charge >= 0.3 is 5.97 Å². The minimum absolute atomic E-state index is 0.216. The van der Waals surface area contributed by atoms with Crippen LogP contribution < -0.4 is 5.56 Å². The third-order valence-electron chi connectivity index (χ3n) is 2.29. The summed E-state index contributed by atoms with van der Waals surface area (Å²) in [4.78, 5) is 33.4. The first-order valence-electron chi connectivity index (χ1n) is 5.41. The quantitative estimate of drug-likeness (QED) is 0.514. The fourth-order valence-electron chi connectivity index (χ4n) is 1.41. The summed E-state index contributed by atoms with van der Waals surface area (Å²) in [6, 6.07) is 4.66. The van der Waals surface area contributed by atoms with Crippen LogP contribution in [0.15, 0.2) is 40.5 Å². The van der Waals surface area contributed by atoms with Crippen molar-refractivity contribution >= 4 is 17.7 Å². The Labute approximate surface area is 113 Å². The zero-order chi connectivity index (χ0) is 13.7. The first kappa shape index (κ1) is 13.3. The molecule has 98 valence electrons. The number of aromatic amines is 1. The van der Waals surface area contributed by atoms with Gasteiger partial charge in [-0.1, -0.05) is 11.8 Å². The maximum atomic E-state index is 11.6. The molecule has 19 heavy (non-hydrogen) atoms. The van der Waals surface area contributed by atoms with Gasteiger partial charge in [-0.15, -0.1) is 0 Å². The number of methoxy groups -OCH3 is 1. The van der Waals surface area contributed by atoms with Crippen molar-refractivity contribution in [2.45, 2.75) is 10.9 Å². The number of H-pyrrole nitrogens is 1. The molecule has 0 radical (unpaired) electrons. The van der Waals surface area contributed by atoms with E-state index in [1.807, 2.05) is 0 Å². The molecule has 0 amide bonds. The van der Waals surface area contributed by atoms with Gasteiger partial charge in [-0.3, -0.25) is 9.78 Å². The minimum atomic E-state index is -0.432. The van der Waals surface area contributed by atoms with Gasteiger partial charge in [0.2, 0.25) is 0 Å². The Morgan fingerprint density at radius 1 is 1.37 bits per heavy atom. The molecule has 2 rings (SSSR count). The monoisotopic (exact) mass is 277 g/mol. The lowest BCUT2D eigenvalue weighted by Crippen LogP contribution is -2.08. The van der Waals surface area contributed by atoms with Crippen molar-refractivity contribution in [2.75, 3.05) is 7.11 Å². The molecule has 0 fully saturated rings. The lowest BCUT2D eigenvalue weighted by Gasteiger charge is -2.05. The zero-order valence-corrected chi connectivity index (χ0v) is 10.9. The van der Waals surface area contributed by atoms with Crippen molar-refractivity contribution in [3.63, 3.8) is 0 Å². The number of nitrogens with one attached hydrogen (secondary N) is 1. The number of carbonyl (C=O) groups is 1. The second kappa shape index (κ2) is 6.14. The van der Waals surface area contributed by atoms with Gasteiger partial charge in [-0.2, -0.15) is 0 Å². The highest BCUT2D eigenvalue weighted by Gasteiger charge is 2.12. The predicted molar refractivity (Wildman–Crippen MR) is 70.0 cm³/mol. The molecule has 2 aromatic heterocycles. The van der Waals surface area contributed by atoms with E-state index in [1.54, 1.807) is 18.3 Å². The molecule has 0 unspecified atom stereocenters. The van der Waals surface area contributed by atoms with Gasteiger partial charge in [-0.25, -0.2) is 9.78 Å². The lowest BCUT2D eigenvalue weighted by atomic mass is 10.2. The van der Waals surface area contributed by atoms with E-state index in [0.29, 0.717) is 22.2 Å². The van der Waals surface area contributed by atoms with Gasteiger partial charge < -0.3 is 9.72 Å². The maximum absolute atomic E-state index is 11.6. The fraction of sp³-hybridized carbons (Fsp3) is 0.167. The van der Waals surface area contributed by atoms with E-state index in [4.69, 9.17) is 0 Å². The Bertz CT molecular complexity index is 642. The SMILES string of the molecule is COC(=O)c1cccnc1CSc1nccc(=O)[nH]1. The summed E-state index contributed by atoms with van der Waals surface area (Å²) < 4.78 is 4.69. The van der Waals surface area contributed by atoms with Crippen molar-refractivity contribution in [2.24, 2.45) is 0 Å². The molecule has 2 heterocycles. The Morgan fingerprint density at radius 3 is 2.95 bits per heavy atom. The van der Waals surface area contributed by atoms with E-state index in [2.05, 4.69) is 19.7 Å². The first-order valence-corrected chi connectivity index (χ1v) is 6.39. The Hall–Kier alpha value is -2.15. The molecule has 0 aliphatic rings. The van der Waals surface area contributed by atoms with Crippen LogP contribution in [-0.4, -0.2) is 28.0 Å². The zero-order valence-electron chi connectivity index (χ0n) is 10.1. The van der Waals surface area contributed by atoms with Crippen LogP contribution in [-0.2, 0) is 10.5 Å². The van der Waals surface area contributed by atoms with Gasteiger partial charge in [0.25, 0.3) is 5.56 Å². The van der Waals surface area contributed by atoms with E-state index < -0.39 is 5.97 Å². The number of esters is 1. The highest BCUT2D eigenvalue weighted by atomic mass is 32.2. The number of pyridine rings is 1. The van der Waals surface area contributed by atoms with Crippen molar-refractivity contribution in [3.8, 4) is 0 Å². The Balaban J connectivity index is 2.16. The van der Waals surface area contributed by atoms with Crippen molar-refractivity contribution in [3.05, 3.63) is 52.2 Å². The Kier molecular flexibility index (Phi) is 4.30. The molecule has 0 aliphatic carbocycles.